The first-order chi connectivity index (χ1) is 17.4. The first-order valence-corrected chi connectivity index (χ1v) is 12.9. The normalized spacial score (nSPS) is 11.0. The summed E-state index contributed by atoms with van der Waals surface area (Å²) >= 11 is 1.03. The van der Waals surface area contributed by atoms with Gasteiger partial charge in [0.05, 0.1) is 29.0 Å². The van der Waals surface area contributed by atoms with E-state index in [-0.39, 0.29) is 33.2 Å². The number of benzene rings is 3. The molecule has 0 aliphatic heterocycles. The van der Waals surface area contributed by atoms with Crippen molar-refractivity contribution in [3.63, 3.8) is 0 Å². The summed E-state index contributed by atoms with van der Waals surface area (Å²) in [6, 6.07) is 21.0. The number of rotatable bonds is 9. The van der Waals surface area contributed by atoms with E-state index in [1.54, 1.807) is 66.7 Å². The number of anilines is 2. The quantitative estimate of drug-likeness (QED) is 0.245. The van der Waals surface area contributed by atoms with Crippen molar-refractivity contribution >= 4 is 45.0 Å². The summed E-state index contributed by atoms with van der Waals surface area (Å²) in [6.07, 6.45) is 0. The molecule has 0 atom stereocenters. The molecule has 4 rings (SSSR count). The smallest absolute Gasteiger partial charge is 0.339 e. The van der Waals surface area contributed by atoms with Gasteiger partial charge in [0.2, 0.25) is 11.8 Å². The lowest BCUT2D eigenvalue weighted by molar-refractivity contribution is -0.113. The lowest BCUT2D eigenvalue weighted by Gasteiger charge is -2.08. The van der Waals surface area contributed by atoms with Crippen LogP contribution in [-0.4, -0.2) is 43.4 Å². The van der Waals surface area contributed by atoms with Gasteiger partial charge in [-0.1, -0.05) is 42.1 Å². The van der Waals surface area contributed by atoms with Crippen LogP contribution in [0.3, 0.4) is 0 Å². The van der Waals surface area contributed by atoms with Crippen LogP contribution in [0.1, 0.15) is 10.4 Å². The third-order valence-electron chi connectivity index (χ3n) is 4.78. The summed E-state index contributed by atoms with van der Waals surface area (Å²) in [5, 5.41) is 10.8. The van der Waals surface area contributed by atoms with Gasteiger partial charge in [0.1, 0.15) is 0 Å². The fourth-order valence-corrected chi connectivity index (χ4v) is 4.72. The van der Waals surface area contributed by atoms with Crippen LogP contribution in [0.15, 0.2) is 93.4 Å². The van der Waals surface area contributed by atoms with Gasteiger partial charge in [0.15, 0.2) is 0 Å². The van der Waals surface area contributed by atoms with Gasteiger partial charge in [0, 0.05) is 11.3 Å². The second-order valence-electron chi connectivity index (χ2n) is 7.24. The van der Waals surface area contributed by atoms with Crippen molar-refractivity contribution in [3.05, 3.63) is 84.4 Å². The average Bonchev–Trinajstić information content (AvgIpc) is 3.37. The maximum absolute atomic E-state index is 12.5. The predicted molar refractivity (Wildman–Crippen MR) is 134 cm³/mol. The van der Waals surface area contributed by atoms with Crippen LogP contribution in [0.4, 0.5) is 11.4 Å². The van der Waals surface area contributed by atoms with Crippen molar-refractivity contribution in [1.29, 1.82) is 0 Å². The van der Waals surface area contributed by atoms with Gasteiger partial charge in [0.25, 0.3) is 15.2 Å². The van der Waals surface area contributed by atoms with Crippen molar-refractivity contribution in [1.82, 2.24) is 10.2 Å². The molecule has 184 valence electrons. The van der Waals surface area contributed by atoms with E-state index in [1.165, 1.54) is 19.2 Å². The molecule has 1 heterocycles. The number of amides is 1. The van der Waals surface area contributed by atoms with E-state index in [0.717, 1.165) is 11.8 Å². The van der Waals surface area contributed by atoms with Crippen molar-refractivity contribution < 1.29 is 27.2 Å². The minimum atomic E-state index is -3.70. The van der Waals surface area contributed by atoms with Gasteiger partial charge in [-0.25, -0.2) is 13.2 Å². The number of nitrogens with zero attached hydrogens (tertiary/aromatic N) is 2. The monoisotopic (exact) mass is 524 g/mol. The molecule has 0 saturated carbocycles. The number of sulfonamides is 1. The Balaban J connectivity index is 1.35. The van der Waals surface area contributed by atoms with Crippen LogP contribution in [0.5, 0.6) is 0 Å². The molecule has 3 aromatic carbocycles. The molecule has 0 bridgehead atoms. The first kappa shape index (κ1) is 24.9. The third kappa shape index (κ3) is 6.09. The zero-order chi connectivity index (χ0) is 25.5. The Hall–Kier alpha value is -4.16. The van der Waals surface area contributed by atoms with Crippen LogP contribution < -0.4 is 10.0 Å². The van der Waals surface area contributed by atoms with Gasteiger partial charge < -0.3 is 14.5 Å². The van der Waals surface area contributed by atoms with Crippen LogP contribution in [0.2, 0.25) is 0 Å². The molecule has 0 aliphatic rings. The van der Waals surface area contributed by atoms with E-state index in [9.17, 15) is 18.0 Å². The summed E-state index contributed by atoms with van der Waals surface area (Å²) in [6.45, 7) is 0. The van der Waals surface area contributed by atoms with Crippen LogP contribution >= 0.6 is 11.8 Å². The molecule has 10 nitrogen and oxygen atoms in total. The molecule has 12 heteroatoms. The Bertz CT molecular complexity index is 1470. The average molecular weight is 525 g/mol. The fourth-order valence-electron chi connectivity index (χ4n) is 3.07. The third-order valence-corrected chi connectivity index (χ3v) is 6.99. The van der Waals surface area contributed by atoms with Crippen molar-refractivity contribution in [3.8, 4) is 11.5 Å². The molecule has 4 aromatic rings. The van der Waals surface area contributed by atoms with Crippen molar-refractivity contribution in [2.45, 2.75) is 10.1 Å². The Morgan fingerprint density at radius 3 is 2.36 bits per heavy atom. The summed E-state index contributed by atoms with van der Waals surface area (Å²) < 4.78 is 37.8. The molecule has 0 saturated heterocycles. The summed E-state index contributed by atoms with van der Waals surface area (Å²) in [7, 11) is -2.44. The highest BCUT2D eigenvalue weighted by Gasteiger charge is 2.16. The molecule has 0 aliphatic carbocycles. The number of nitrogens with one attached hydrogen (secondary N) is 2. The predicted octanol–water partition coefficient (Wildman–Crippen LogP) is 4.05. The second kappa shape index (κ2) is 11.1. The highest BCUT2D eigenvalue weighted by atomic mass is 32.2. The Morgan fingerprint density at radius 2 is 1.64 bits per heavy atom. The Kier molecular flexibility index (Phi) is 7.66. The van der Waals surface area contributed by atoms with Crippen molar-refractivity contribution in [2.24, 2.45) is 0 Å². The topological polar surface area (TPSA) is 140 Å². The zero-order valence-corrected chi connectivity index (χ0v) is 20.5. The zero-order valence-electron chi connectivity index (χ0n) is 18.9. The largest absolute Gasteiger partial charge is 0.465 e. The first-order valence-electron chi connectivity index (χ1n) is 10.5. The number of hydrogen-bond acceptors (Lipinski definition) is 9. The number of carbonyl (C=O) groups excluding carboxylic acids is 2. The second-order valence-corrected chi connectivity index (χ2v) is 9.85. The van der Waals surface area contributed by atoms with Gasteiger partial charge in [-0.15, -0.1) is 10.2 Å². The molecule has 1 amide bonds. The number of esters is 1. The van der Waals surface area contributed by atoms with Gasteiger partial charge >= 0.3 is 5.97 Å². The van der Waals surface area contributed by atoms with Crippen LogP contribution in [-0.2, 0) is 19.6 Å². The van der Waals surface area contributed by atoms with E-state index in [1.807, 2.05) is 0 Å². The number of thioether (sulfide) groups is 1. The highest BCUT2D eigenvalue weighted by molar-refractivity contribution is 7.99. The maximum Gasteiger partial charge on any atom is 0.339 e. The maximum atomic E-state index is 12.5. The molecular weight excluding hydrogens is 504 g/mol. The Morgan fingerprint density at radius 1 is 0.944 bits per heavy atom. The summed E-state index contributed by atoms with van der Waals surface area (Å²) in [5.41, 5.74) is 1.53. The SMILES string of the molecule is COC(=O)c1ccccc1NC(=O)CSc1nnc(-c2ccc(NS(=O)(=O)c3ccccc3)cc2)o1. The number of hydrogen-bond donors (Lipinski definition) is 2. The van der Waals surface area contributed by atoms with Gasteiger partial charge in [-0.3, -0.25) is 9.52 Å². The minimum absolute atomic E-state index is 0.0304. The van der Waals surface area contributed by atoms with Crippen molar-refractivity contribution in [2.75, 3.05) is 22.9 Å². The van der Waals surface area contributed by atoms with Crippen LogP contribution in [0.25, 0.3) is 11.5 Å². The van der Waals surface area contributed by atoms with E-state index in [2.05, 4.69) is 20.2 Å². The number of carbonyl (C=O) groups is 2. The number of ether oxygens (including phenoxy) is 1. The molecule has 1 aromatic heterocycles. The Labute approximate surface area is 211 Å². The molecule has 36 heavy (non-hydrogen) atoms. The van der Waals surface area contributed by atoms with Gasteiger partial charge in [-0.05, 0) is 48.5 Å². The standard InChI is InChI=1S/C24H20N4O6S2/c1-33-23(30)19-9-5-6-10-20(19)25-21(29)15-35-24-27-26-22(34-24)16-11-13-17(14-12-16)28-36(31,32)18-7-3-2-4-8-18/h2-14,28H,15H2,1H3,(H,25,29). The number of para-hydroxylation sites is 1. The van der Waals surface area contributed by atoms with E-state index >= 15 is 0 Å². The van der Waals surface area contributed by atoms with Gasteiger partial charge in [-0.2, -0.15) is 0 Å². The lowest BCUT2D eigenvalue weighted by atomic mass is 10.2. The number of aromatic nitrogens is 2. The minimum Gasteiger partial charge on any atom is -0.465 e. The summed E-state index contributed by atoms with van der Waals surface area (Å²) in [4.78, 5) is 24.3. The molecule has 2 N–H and O–H groups in total. The number of methoxy groups -OCH3 is 1. The fraction of sp³-hybridized carbons (Fsp3) is 0.0833. The lowest BCUT2D eigenvalue weighted by Crippen LogP contribution is -2.17. The molecular formula is C24H20N4O6S2. The van der Waals surface area contributed by atoms with E-state index in [0.29, 0.717) is 16.9 Å². The van der Waals surface area contributed by atoms with E-state index < -0.39 is 16.0 Å². The molecule has 0 spiro atoms. The van der Waals surface area contributed by atoms with E-state index in [4.69, 9.17) is 9.15 Å². The highest BCUT2D eigenvalue weighted by Crippen LogP contribution is 2.25. The van der Waals surface area contributed by atoms with Crippen LogP contribution in [0, 0.1) is 0 Å². The molecule has 0 radical (unpaired) electrons. The summed E-state index contributed by atoms with van der Waals surface area (Å²) in [5.74, 6) is -0.742. The molecule has 0 unspecified atom stereocenters. The molecule has 0 fully saturated rings.